The minimum Gasteiger partial charge on any atom is -0.365 e. The van der Waals surface area contributed by atoms with Gasteiger partial charge in [0.05, 0.1) is 18.4 Å². The van der Waals surface area contributed by atoms with Crippen molar-refractivity contribution in [2.75, 3.05) is 11.9 Å². The van der Waals surface area contributed by atoms with E-state index in [4.69, 9.17) is 0 Å². The molecule has 0 bridgehead atoms. The third-order valence-corrected chi connectivity index (χ3v) is 3.52. The minimum absolute atomic E-state index is 0.154. The van der Waals surface area contributed by atoms with Gasteiger partial charge in [0.2, 0.25) is 0 Å². The van der Waals surface area contributed by atoms with Crippen LogP contribution in [0.15, 0.2) is 27.9 Å². The number of nitrogens with zero attached hydrogens (tertiary/aromatic N) is 5. The molecular weight excluding hydrogens is 298 g/mol. The van der Waals surface area contributed by atoms with Gasteiger partial charge in [0.15, 0.2) is 0 Å². The number of rotatable bonds is 3. The Bertz CT molecular complexity index is 618. The monoisotopic (exact) mass is 311 g/mol. The van der Waals surface area contributed by atoms with E-state index in [2.05, 4.69) is 26.0 Å². The number of aryl methyl sites for hydroxylation is 2. The normalized spacial score (nSPS) is 10.7. The number of hydrogen-bond acceptors (Lipinski definition) is 4. The number of hydrogen-bond donors (Lipinski definition) is 0. The molecule has 2 rings (SSSR count). The molecule has 96 valence electrons. The van der Waals surface area contributed by atoms with Crippen molar-refractivity contribution in [3.05, 3.63) is 39.2 Å². The summed E-state index contributed by atoms with van der Waals surface area (Å²) < 4.78 is 3.75. The quantitative estimate of drug-likeness (QED) is 0.845. The lowest BCUT2D eigenvalue weighted by Crippen LogP contribution is -2.26. The van der Waals surface area contributed by atoms with Gasteiger partial charge in [0, 0.05) is 33.5 Å². The number of anilines is 1. The van der Waals surface area contributed by atoms with Gasteiger partial charge in [0.25, 0.3) is 5.56 Å². The molecule has 0 saturated carbocycles. The standard InChI is InChI=1S/C11H14BrN5O/c1-15-5-4-13-9(15)7-16(2)8-6-14-17(3)11(18)10(8)12/h4-6H,7H2,1-3H3. The Morgan fingerprint density at radius 3 is 2.78 bits per heavy atom. The van der Waals surface area contributed by atoms with Gasteiger partial charge in [-0.1, -0.05) is 0 Å². The smallest absolute Gasteiger partial charge is 0.282 e. The minimum atomic E-state index is -0.154. The summed E-state index contributed by atoms with van der Waals surface area (Å²) in [6.45, 7) is 0.608. The molecule has 7 heteroatoms. The molecule has 0 spiro atoms. The first-order valence-corrected chi connectivity index (χ1v) is 6.19. The molecule has 0 saturated heterocycles. The van der Waals surface area contributed by atoms with Crippen molar-refractivity contribution < 1.29 is 0 Å². The molecule has 2 aromatic rings. The molecule has 0 unspecified atom stereocenters. The van der Waals surface area contributed by atoms with Crippen molar-refractivity contribution in [3.8, 4) is 0 Å². The van der Waals surface area contributed by atoms with Crippen molar-refractivity contribution in [2.24, 2.45) is 14.1 Å². The summed E-state index contributed by atoms with van der Waals surface area (Å²) in [6, 6.07) is 0. The van der Waals surface area contributed by atoms with Gasteiger partial charge < -0.3 is 9.47 Å². The van der Waals surface area contributed by atoms with Gasteiger partial charge in [-0.3, -0.25) is 4.79 Å². The van der Waals surface area contributed by atoms with E-state index < -0.39 is 0 Å². The topological polar surface area (TPSA) is 56.0 Å². The van der Waals surface area contributed by atoms with Crippen LogP contribution in [0.25, 0.3) is 0 Å². The second-order valence-corrected chi connectivity index (χ2v) is 4.88. The maximum atomic E-state index is 11.8. The van der Waals surface area contributed by atoms with E-state index in [0.29, 0.717) is 11.0 Å². The van der Waals surface area contributed by atoms with Gasteiger partial charge in [0.1, 0.15) is 10.3 Å². The van der Waals surface area contributed by atoms with Crippen LogP contribution >= 0.6 is 15.9 Å². The fraction of sp³-hybridized carbons (Fsp3) is 0.364. The highest BCUT2D eigenvalue weighted by molar-refractivity contribution is 9.10. The van der Waals surface area contributed by atoms with Crippen molar-refractivity contribution in [3.63, 3.8) is 0 Å². The Morgan fingerprint density at radius 1 is 1.44 bits per heavy atom. The lowest BCUT2D eigenvalue weighted by atomic mass is 10.4. The van der Waals surface area contributed by atoms with E-state index >= 15 is 0 Å². The van der Waals surface area contributed by atoms with E-state index in [1.807, 2.05) is 29.8 Å². The number of halogens is 1. The predicted molar refractivity (Wildman–Crippen MR) is 72.5 cm³/mol. The Kier molecular flexibility index (Phi) is 3.51. The first-order chi connectivity index (χ1) is 8.50. The second kappa shape index (κ2) is 4.93. The Balaban J connectivity index is 2.30. The van der Waals surface area contributed by atoms with Crippen LogP contribution in [0.5, 0.6) is 0 Å². The molecule has 0 aliphatic rings. The van der Waals surface area contributed by atoms with E-state index in [1.165, 1.54) is 4.68 Å². The molecule has 0 N–H and O–H groups in total. The average Bonchev–Trinajstić information content (AvgIpc) is 2.72. The maximum absolute atomic E-state index is 11.8. The lowest BCUT2D eigenvalue weighted by molar-refractivity contribution is 0.693. The van der Waals surface area contributed by atoms with Crippen LogP contribution in [0.4, 0.5) is 5.69 Å². The van der Waals surface area contributed by atoms with Crippen molar-refractivity contribution in [1.82, 2.24) is 19.3 Å². The molecule has 2 heterocycles. The summed E-state index contributed by atoms with van der Waals surface area (Å²) in [5, 5.41) is 4.02. The molecule has 18 heavy (non-hydrogen) atoms. The number of aromatic nitrogens is 4. The van der Waals surface area contributed by atoms with Gasteiger partial charge in [-0.2, -0.15) is 5.10 Å². The summed E-state index contributed by atoms with van der Waals surface area (Å²) in [5.41, 5.74) is 0.597. The summed E-state index contributed by atoms with van der Waals surface area (Å²) >= 11 is 3.31. The SMILES string of the molecule is CN(Cc1nccn1C)c1cnn(C)c(=O)c1Br. The van der Waals surface area contributed by atoms with Crippen LogP contribution < -0.4 is 10.5 Å². The molecule has 0 aliphatic carbocycles. The first-order valence-electron chi connectivity index (χ1n) is 5.40. The summed E-state index contributed by atoms with van der Waals surface area (Å²) in [7, 11) is 5.46. The summed E-state index contributed by atoms with van der Waals surface area (Å²) in [4.78, 5) is 18.0. The van der Waals surface area contributed by atoms with Gasteiger partial charge in [-0.25, -0.2) is 9.67 Å². The van der Waals surface area contributed by atoms with Crippen molar-refractivity contribution in [2.45, 2.75) is 6.54 Å². The summed E-state index contributed by atoms with van der Waals surface area (Å²) in [5.74, 6) is 0.921. The van der Waals surface area contributed by atoms with E-state index in [9.17, 15) is 4.79 Å². The largest absolute Gasteiger partial charge is 0.365 e. The van der Waals surface area contributed by atoms with Gasteiger partial charge in [-0.05, 0) is 15.9 Å². The molecule has 2 aromatic heterocycles. The Hall–Kier alpha value is -1.63. The third kappa shape index (κ3) is 2.31. The average molecular weight is 312 g/mol. The lowest BCUT2D eigenvalue weighted by Gasteiger charge is -2.19. The molecule has 0 amide bonds. The zero-order valence-electron chi connectivity index (χ0n) is 10.5. The number of imidazole rings is 1. The Labute approximate surface area is 113 Å². The summed E-state index contributed by atoms with van der Waals surface area (Å²) in [6.07, 6.45) is 5.30. The Morgan fingerprint density at radius 2 is 2.17 bits per heavy atom. The zero-order valence-corrected chi connectivity index (χ0v) is 12.0. The van der Waals surface area contributed by atoms with Crippen LogP contribution in [-0.2, 0) is 20.6 Å². The first kappa shape index (κ1) is 12.8. The molecular formula is C11H14BrN5O. The fourth-order valence-corrected chi connectivity index (χ4v) is 2.28. The zero-order chi connectivity index (χ0) is 13.3. The second-order valence-electron chi connectivity index (χ2n) is 4.08. The molecule has 0 aliphatic heterocycles. The third-order valence-electron chi connectivity index (χ3n) is 2.77. The fourth-order valence-electron chi connectivity index (χ4n) is 1.61. The van der Waals surface area contributed by atoms with Crippen molar-refractivity contribution >= 4 is 21.6 Å². The van der Waals surface area contributed by atoms with E-state index in [1.54, 1.807) is 19.4 Å². The molecule has 0 fully saturated rings. The molecule has 6 nitrogen and oxygen atoms in total. The molecule has 0 atom stereocenters. The maximum Gasteiger partial charge on any atom is 0.282 e. The highest BCUT2D eigenvalue weighted by Gasteiger charge is 2.12. The van der Waals surface area contributed by atoms with E-state index in [-0.39, 0.29) is 5.56 Å². The molecule has 0 aromatic carbocycles. The molecule has 0 radical (unpaired) electrons. The van der Waals surface area contributed by atoms with Crippen LogP contribution in [0.1, 0.15) is 5.82 Å². The highest BCUT2D eigenvalue weighted by Crippen LogP contribution is 2.21. The van der Waals surface area contributed by atoms with E-state index in [0.717, 1.165) is 11.5 Å². The van der Waals surface area contributed by atoms with Crippen LogP contribution in [0.2, 0.25) is 0 Å². The van der Waals surface area contributed by atoms with Gasteiger partial charge in [-0.15, -0.1) is 0 Å². The predicted octanol–water partition coefficient (Wildman–Crippen LogP) is 0.913. The highest BCUT2D eigenvalue weighted by atomic mass is 79.9. The van der Waals surface area contributed by atoms with Crippen LogP contribution in [0.3, 0.4) is 0 Å². The van der Waals surface area contributed by atoms with Crippen molar-refractivity contribution in [1.29, 1.82) is 0 Å². The van der Waals surface area contributed by atoms with Gasteiger partial charge >= 0.3 is 0 Å². The van der Waals surface area contributed by atoms with Crippen LogP contribution in [0, 0.1) is 0 Å². The van der Waals surface area contributed by atoms with Crippen LogP contribution in [-0.4, -0.2) is 26.4 Å².